The Morgan fingerprint density at radius 3 is 2.71 bits per heavy atom. The Kier molecular flexibility index (Phi) is 7.17. The largest absolute Gasteiger partial charge is 0.494 e. The minimum atomic E-state index is -0.993. The number of ether oxygens (including phenoxy) is 2. The van der Waals surface area contributed by atoms with Gasteiger partial charge in [0.25, 0.3) is 5.91 Å². The minimum Gasteiger partial charge on any atom is -0.494 e. The summed E-state index contributed by atoms with van der Waals surface area (Å²) < 4.78 is 25.9. The van der Waals surface area contributed by atoms with Gasteiger partial charge in [0.05, 0.1) is 36.9 Å². The molecular formula is C26H30FN5O6. The number of H-pyrrole nitrogens is 1. The van der Waals surface area contributed by atoms with Gasteiger partial charge in [0.15, 0.2) is 11.6 Å². The van der Waals surface area contributed by atoms with E-state index < -0.39 is 36.4 Å². The molecule has 1 saturated carbocycles. The fraction of sp³-hybridized carbons (Fsp3) is 0.462. The van der Waals surface area contributed by atoms with Gasteiger partial charge < -0.3 is 34.9 Å². The number of aliphatic hydroxyl groups is 2. The van der Waals surface area contributed by atoms with Crippen molar-refractivity contribution in [2.24, 2.45) is 5.92 Å². The first kappa shape index (κ1) is 25.9. The number of carbonyl (C=O) groups excluding carboxylic acids is 2. The lowest BCUT2D eigenvalue weighted by atomic mass is 10.0. The highest BCUT2D eigenvalue weighted by atomic mass is 19.1. The number of aliphatic hydroxyl groups excluding tert-OH is 2. The summed E-state index contributed by atoms with van der Waals surface area (Å²) in [7, 11) is 1.39. The Bertz CT molecular complexity index is 1370. The molecule has 1 aliphatic carbocycles. The second-order valence-corrected chi connectivity index (χ2v) is 9.74. The molecule has 0 unspecified atom stereocenters. The van der Waals surface area contributed by atoms with Crippen LogP contribution in [0.5, 0.6) is 11.5 Å². The number of carbonyl (C=O) groups is 2. The third-order valence-corrected chi connectivity index (χ3v) is 7.07. The van der Waals surface area contributed by atoms with Crippen LogP contribution in [0.2, 0.25) is 0 Å². The summed E-state index contributed by atoms with van der Waals surface area (Å²) in [5.74, 6) is -0.555. The molecular weight excluding hydrogens is 497 g/mol. The van der Waals surface area contributed by atoms with E-state index >= 15 is 0 Å². The zero-order valence-corrected chi connectivity index (χ0v) is 21.2. The maximum atomic E-state index is 14.8. The lowest BCUT2D eigenvalue weighted by Crippen LogP contribution is -2.55. The summed E-state index contributed by atoms with van der Waals surface area (Å²) in [5.41, 5.74) is 2.37. The lowest BCUT2D eigenvalue weighted by molar-refractivity contribution is -0.137. The Balaban J connectivity index is 1.45. The average Bonchev–Trinajstić information content (AvgIpc) is 3.67. The van der Waals surface area contributed by atoms with Crippen LogP contribution in [0.25, 0.3) is 22.3 Å². The molecule has 0 spiro atoms. The number of amides is 2. The van der Waals surface area contributed by atoms with Crippen LogP contribution in [0.3, 0.4) is 0 Å². The van der Waals surface area contributed by atoms with Crippen molar-refractivity contribution in [1.82, 2.24) is 25.2 Å². The van der Waals surface area contributed by atoms with Gasteiger partial charge >= 0.3 is 0 Å². The molecule has 2 atom stereocenters. The predicted molar refractivity (Wildman–Crippen MR) is 134 cm³/mol. The molecule has 2 aromatic heterocycles. The molecule has 202 valence electrons. The summed E-state index contributed by atoms with van der Waals surface area (Å²) in [5, 5.41) is 22.4. The van der Waals surface area contributed by atoms with Crippen molar-refractivity contribution in [2.45, 2.75) is 38.3 Å². The number of halogens is 1. The first-order valence-electron chi connectivity index (χ1n) is 12.5. The second-order valence-electron chi connectivity index (χ2n) is 9.74. The quantitative estimate of drug-likeness (QED) is 0.345. The van der Waals surface area contributed by atoms with Gasteiger partial charge in [0.2, 0.25) is 5.91 Å². The first-order valence-corrected chi connectivity index (χ1v) is 12.5. The molecule has 2 amide bonds. The van der Waals surface area contributed by atoms with E-state index in [2.05, 4.69) is 20.3 Å². The molecule has 0 radical (unpaired) electrons. The van der Waals surface area contributed by atoms with Crippen LogP contribution in [0.1, 0.15) is 35.3 Å². The van der Waals surface area contributed by atoms with E-state index in [0.29, 0.717) is 59.2 Å². The van der Waals surface area contributed by atoms with Gasteiger partial charge in [-0.2, -0.15) is 0 Å². The van der Waals surface area contributed by atoms with Gasteiger partial charge in [0.1, 0.15) is 29.9 Å². The normalized spacial score (nSPS) is 19.4. The van der Waals surface area contributed by atoms with E-state index in [1.807, 2.05) is 0 Å². The number of aromatic amines is 1. The van der Waals surface area contributed by atoms with Crippen LogP contribution in [0.15, 0.2) is 18.5 Å². The summed E-state index contributed by atoms with van der Waals surface area (Å²) in [4.78, 5) is 38.3. The van der Waals surface area contributed by atoms with Gasteiger partial charge in [-0.05, 0) is 38.2 Å². The summed E-state index contributed by atoms with van der Waals surface area (Å²) in [6, 6.07) is 2.21. The van der Waals surface area contributed by atoms with Crippen molar-refractivity contribution < 1.29 is 33.7 Å². The number of nitrogens with one attached hydrogen (secondary N) is 2. The molecule has 2 fully saturated rings. The molecule has 1 aromatic carbocycles. The van der Waals surface area contributed by atoms with Crippen molar-refractivity contribution >= 4 is 22.8 Å². The van der Waals surface area contributed by atoms with E-state index in [1.54, 1.807) is 6.92 Å². The van der Waals surface area contributed by atoms with Crippen LogP contribution < -0.4 is 14.8 Å². The Morgan fingerprint density at radius 2 is 2.03 bits per heavy atom. The number of aryl methyl sites for hydroxylation is 1. The number of benzene rings is 1. The fourth-order valence-electron chi connectivity index (χ4n) is 4.76. The molecule has 38 heavy (non-hydrogen) atoms. The third kappa shape index (κ3) is 5.01. The molecule has 2 aliphatic rings. The monoisotopic (exact) mass is 527 g/mol. The van der Waals surface area contributed by atoms with Gasteiger partial charge in [-0.15, -0.1) is 0 Å². The van der Waals surface area contributed by atoms with E-state index in [0.717, 1.165) is 12.8 Å². The van der Waals surface area contributed by atoms with E-state index in [1.165, 1.54) is 30.5 Å². The standard InChI is InChI=1S/C26H30FN5O6/c1-13-22(26(36)31-17-5-6-32(9-18(17)34)21(35)10-33)24-25(30-13)23(28-12-29-24)15-7-16(27)20(37-2)8-19(15)38-11-14-3-4-14/h7-8,12,14,17-18,30,33-34H,3-6,9-11H2,1-2H3,(H,31,36)/t17-,18-/m1/s1. The van der Waals surface area contributed by atoms with E-state index in [-0.39, 0.29) is 17.9 Å². The third-order valence-electron chi connectivity index (χ3n) is 7.07. The molecule has 4 N–H and O–H groups in total. The first-order chi connectivity index (χ1) is 18.3. The highest BCUT2D eigenvalue weighted by Crippen LogP contribution is 2.39. The highest BCUT2D eigenvalue weighted by molar-refractivity contribution is 6.09. The van der Waals surface area contributed by atoms with E-state index in [4.69, 9.17) is 14.6 Å². The predicted octanol–water partition coefficient (Wildman–Crippen LogP) is 1.55. The van der Waals surface area contributed by atoms with E-state index in [9.17, 15) is 19.1 Å². The summed E-state index contributed by atoms with van der Waals surface area (Å²) in [6.07, 6.45) is 2.82. The lowest BCUT2D eigenvalue weighted by Gasteiger charge is -2.36. The Morgan fingerprint density at radius 1 is 1.24 bits per heavy atom. The van der Waals surface area contributed by atoms with Crippen LogP contribution in [-0.4, -0.2) is 87.4 Å². The zero-order chi connectivity index (χ0) is 27.0. The minimum absolute atomic E-state index is 0.0101. The summed E-state index contributed by atoms with van der Waals surface area (Å²) >= 11 is 0. The van der Waals surface area contributed by atoms with Crippen LogP contribution in [0, 0.1) is 18.7 Å². The number of piperidine rings is 1. The van der Waals surface area contributed by atoms with Crippen molar-refractivity contribution in [1.29, 1.82) is 0 Å². The Labute approximate surface area is 218 Å². The van der Waals surface area contributed by atoms with Gasteiger partial charge in [0, 0.05) is 30.4 Å². The number of hydrogen-bond acceptors (Lipinski definition) is 8. The highest BCUT2D eigenvalue weighted by Gasteiger charge is 2.32. The molecule has 1 saturated heterocycles. The number of aromatic nitrogens is 3. The molecule has 0 bridgehead atoms. The second kappa shape index (κ2) is 10.5. The topological polar surface area (TPSA) is 150 Å². The van der Waals surface area contributed by atoms with Crippen LogP contribution in [0.4, 0.5) is 4.39 Å². The molecule has 12 heteroatoms. The fourth-order valence-corrected chi connectivity index (χ4v) is 4.76. The maximum absolute atomic E-state index is 14.8. The maximum Gasteiger partial charge on any atom is 0.255 e. The van der Waals surface area contributed by atoms with Gasteiger partial charge in [-0.1, -0.05) is 0 Å². The van der Waals surface area contributed by atoms with Gasteiger partial charge in [-0.3, -0.25) is 9.59 Å². The van der Waals surface area contributed by atoms with Crippen molar-refractivity contribution in [3.63, 3.8) is 0 Å². The van der Waals surface area contributed by atoms with Crippen molar-refractivity contribution in [3.05, 3.63) is 35.5 Å². The smallest absolute Gasteiger partial charge is 0.255 e. The summed E-state index contributed by atoms with van der Waals surface area (Å²) in [6.45, 7) is 1.89. The van der Waals surface area contributed by atoms with Crippen LogP contribution in [-0.2, 0) is 4.79 Å². The molecule has 3 heterocycles. The van der Waals surface area contributed by atoms with Gasteiger partial charge in [-0.25, -0.2) is 14.4 Å². The number of rotatable bonds is 8. The number of likely N-dealkylation sites (tertiary alicyclic amines) is 1. The number of nitrogens with zero attached hydrogens (tertiary/aromatic N) is 3. The number of fused-ring (bicyclic) bond motifs is 1. The number of hydrogen-bond donors (Lipinski definition) is 4. The molecule has 1 aliphatic heterocycles. The Hall–Kier alpha value is -3.77. The molecule has 3 aromatic rings. The average molecular weight is 528 g/mol. The number of β-amino-alcohol motifs (C(OH)–C–C–N with tert-alkyl or cyclic N) is 1. The van der Waals surface area contributed by atoms with Crippen molar-refractivity contribution in [3.8, 4) is 22.8 Å². The molecule has 11 nitrogen and oxygen atoms in total. The number of methoxy groups -OCH3 is 1. The van der Waals surface area contributed by atoms with Crippen LogP contribution >= 0.6 is 0 Å². The molecule has 5 rings (SSSR count). The van der Waals surface area contributed by atoms with Crippen molar-refractivity contribution in [2.75, 3.05) is 33.4 Å². The zero-order valence-electron chi connectivity index (χ0n) is 21.2. The SMILES string of the molecule is COc1cc(OCC2CC2)c(-c2ncnc3c(C(=O)N[C@@H]4CCN(C(=O)CO)C[C@H]4O)c(C)[nH]c23)cc1F.